The van der Waals surface area contributed by atoms with E-state index >= 15 is 0 Å². The molecule has 1 aliphatic carbocycles. The van der Waals surface area contributed by atoms with Gasteiger partial charge in [-0.25, -0.2) is 4.98 Å². The van der Waals surface area contributed by atoms with Crippen LogP contribution in [0.1, 0.15) is 30.7 Å². The van der Waals surface area contributed by atoms with Crippen molar-refractivity contribution in [3.8, 4) is 0 Å². The maximum Gasteiger partial charge on any atom is 0.123 e. The molecule has 5 rings (SSSR count). The molecule has 1 spiro atoms. The lowest BCUT2D eigenvalue weighted by molar-refractivity contribution is 0.183. The van der Waals surface area contributed by atoms with Gasteiger partial charge < -0.3 is 9.88 Å². The van der Waals surface area contributed by atoms with Crippen LogP contribution >= 0.6 is 11.3 Å². The second kappa shape index (κ2) is 6.48. The Bertz CT molecular complexity index is 892. The smallest absolute Gasteiger partial charge is 0.123 e. The monoisotopic (exact) mass is 366 g/mol. The summed E-state index contributed by atoms with van der Waals surface area (Å²) in [5, 5.41) is 8.01. The van der Waals surface area contributed by atoms with E-state index in [0.717, 1.165) is 18.6 Å². The van der Waals surface area contributed by atoms with Gasteiger partial charge in [0.2, 0.25) is 0 Å². The van der Waals surface area contributed by atoms with E-state index in [4.69, 9.17) is 4.98 Å². The van der Waals surface area contributed by atoms with Gasteiger partial charge in [0.05, 0.1) is 17.6 Å². The van der Waals surface area contributed by atoms with Crippen molar-refractivity contribution < 1.29 is 0 Å². The van der Waals surface area contributed by atoms with Gasteiger partial charge in [0.25, 0.3) is 0 Å². The van der Waals surface area contributed by atoms with Crippen molar-refractivity contribution >= 4 is 22.4 Å². The molecule has 1 N–H and O–H groups in total. The molecule has 2 fully saturated rings. The molecule has 1 aromatic carbocycles. The number of imidazole rings is 1. The minimum absolute atomic E-state index is 0.547. The van der Waals surface area contributed by atoms with Gasteiger partial charge >= 0.3 is 0 Å². The molecular weight excluding hydrogens is 340 g/mol. The summed E-state index contributed by atoms with van der Waals surface area (Å²) in [5.41, 5.74) is 4.31. The molecule has 1 atom stereocenters. The third kappa shape index (κ3) is 2.88. The number of para-hydroxylation sites is 2. The summed E-state index contributed by atoms with van der Waals surface area (Å²) < 4.78 is 2.27. The van der Waals surface area contributed by atoms with Crippen LogP contribution in [0.5, 0.6) is 0 Å². The Labute approximate surface area is 158 Å². The minimum Gasteiger partial charge on any atom is -0.330 e. The first-order chi connectivity index (χ1) is 12.8. The molecule has 1 saturated carbocycles. The number of rotatable bonds is 5. The largest absolute Gasteiger partial charge is 0.330 e. The molecule has 136 valence electrons. The SMILES string of the molecule is Cn1c(CN(Cc2ccsc2)C2CC23CCNCC3)nc2ccccc21. The summed E-state index contributed by atoms with van der Waals surface area (Å²) >= 11 is 1.80. The average Bonchev–Trinajstić information content (AvgIpc) is 3.00. The van der Waals surface area contributed by atoms with E-state index in [2.05, 4.69) is 62.9 Å². The van der Waals surface area contributed by atoms with Gasteiger partial charge in [0.1, 0.15) is 5.82 Å². The van der Waals surface area contributed by atoms with Crippen molar-refractivity contribution in [2.45, 2.75) is 38.4 Å². The van der Waals surface area contributed by atoms with Crippen LogP contribution in [0.3, 0.4) is 0 Å². The first kappa shape index (κ1) is 16.5. The second-order valence-corrected chi connectivity index (χ2v) is 8.72. The van der Waals surface area contributed by atoms with Gasteiger partial charge in [-0.15, -0.1) is 0 Å². The summed E-state index contributed by atoms with van der Waals surface area (Å²) in [6, 6.07) is 11.4. The van der Waals surface area contributed by atoms with E-state index in [1.807, 2.05) is 0 Å². The molecule has 1 saturated heterocycles. The fourth-order valence-electron chi connectivity index (χ4n) is 4.72. The number of hydrogen-bond acceptors (Lipinski definition) is 4. The van der Waals surface area contributed by atoms with Crippen LogP contribution in [-0.2, 0) is 20.1 Å². The van der Waals surface area contributed by atoms with Crippen LogP contribution in [0.25, 0.3) is 11.0 Å². The summed E-state index contributed by atoms with van der Waals surface area (Å²) in [7, 11) is 2.15. The maximum absolute atomic E-state index is 4.94. The number of aryl methyl sites for hydroxylation is 1. The van der Waals surface area contributed by atoms with Crippen molar-refractivity contribution in [2.75, 3.05) is 13.1 Å². The first-order valence-electron chi connectivity index (χ1n) is 9.61. The van der Waals surface area contributed by atoms with E-state index in [1.165, 1.54) is 49.3 Å². The van der Waals surface area contributed by atoms with Crippen molar-refractivity contribution in [1.29, 1.82) is 0 Å². The third-order valence-corrected chi connectivity index (χ3v) is 7.11. The minimum atomic E-state index is 0.547. The molecule has 0 amide bonds. The Hall–Kier alpha value is -1.69. The van der Waals surface area contributed by atoms with Crippen LogP contribution in [-0.4, -0.2) is 33.6 Å². The Morgan fingerprint density at radius 2 is 2.08 bits per heavy atom. The van der Waals surface area contributed by atoms with Gasteiger partial charge in [-0.05, 0) is 72.3 Å². The molecule has 3 heterocycles. The zero-order valence-electron chi connectivity index (χ0n) is 15.3. The summed E-state index contributed by atoms with van der Waals surface area (Å²) in [4.78, 5) is 7.63. The predicted molar refractivity (Wildman–Crippen MR) is 107 cm³/mol. The Kier molecular flexibility index (Phi) is 4.11. The highest BCUT2D eigenvalue weighted by Gasteiger charge is 2.56. The van der Waals surface area contributed by atoms with Crippen molar-refractivity contribution in [3.63, 3.8) is 0 Å². The lowest BCUT2D eigenvalue weighted by atomic mass is 9.93. The van der Waals surface area contributed by atoms with Crippen LogP contribution in [0.4, 0.5) is 0 Å². The Morgan fingerprint density at radius 1 is 1.23 bits per heavy atom. The molecule has 1 unspecified atom stereocenters. The molecular formula is C21H26N4S. The molecule has 2 aliphatic rings. The molecule has 2 aromatic heterocycles. The third-order valence-electron chi connectivity index (χ3n) is 6.38. The summed E-state index contributed by atoms with van der Waals surface area (Å²) in [5.74, 6) is 1.18. The normalized spacial score (nSPS) is 21.7. The quantitative estimate of drug-likeness (QED) is 0.746. The molecule has 0 radical (unpaired) electrons. The fourth-order valence-corrected chi connectivity index (χ4v) is 5.38. The van der Waals surface area contributed by atoms with Crippen molar-refractivity contribution in [3.05, 3.63) is 52.5 Å². The highest BCUT2D eigenvalue weighted by atomic mass is 32.1. The fraction of sp³-hybridized carbons (Fsp3) is 0.476. The number of thiophene rings is 1. The number of nitrogens with zero attached hydrogens (tertiary/aromatic N) is 3. The van der Waals surface area contributed by atoms with E-state index in [0.29, 0.717) is 11.5 Å². The Morgan fingerprint density at radius 3 is 2.85 bits per heavy atom. The number of piperidine rings is 1. The summed E-state index contributed by atoms with van der Waals surface area (Å²) in [6.45, 7) is 4.32. The highest BCUT2D eigenvalue weighted by Crippen LogP contribution is 2.56. The zero-order chi connectivity index (χ0) is 17.6. The number of benzene rings is 1. The topological polar surface area (TPSA) is 33.1 Å². The van der Waals surface area contributed by atoms with Gasteiger partial charge in [-0.2, -0.15) is 11.3 Å². The highest BCUT2D eigenvalue weighted by molar-refractivity contribution is 7.07. The van der Waals surface area contributed by atoms with Crippen molar-refractivity contribution in [1.82, 2.24) is 19.8 Å². The van der Waals surface area contributed by atoms with Gasteiger partial charge in [0, 0.05) is 19.6 Å². The maximum atomic E-state index is 4.94. The zero-order valence-corrected chi connectivity index (χ0v) is 16.1. The first-order valence-corrected chi connectivity index (χ1v) is 10.6. The molecule has 1 aliphatic heterocycles. The Balaban J connectivity index is 1.43. The van der Waals surface area contributed by atoms with Crippen molar-refractivity contribution in [2.24, 2.45) is 12.5 Å². The second-order valence-electron chi connectivity index (χ2n) is 7.94. The average molecular weight is 367 g/mol. The molecule has 4 nitrogen and oxygen atoms in total. The van der Waals surface area contributed by atoms with Crippen LogP contribution in [0.15, 0.2) is 41.1 Å². The van der Waals surface area contributed by atoms with E-state index in [-0.39, 0.29) is 0 Å². The lowest BCUT2D eigenvalue weighted by Gasteiger charge is -2.29. The predicted octanol–water partition coefficient (Wildman–Crippen LogP) is 3.78. The standard InChI is InChI=1S/C21H26N4S/c1-24-18-5-3-2-4-17(18)23-20(24)14-25(13-16-6-11-26-15-16)19-12-21(19)7-9-22-10-8-21/h2-6,11,15,19,22H,7-10,12-14H2,1H3. The van der Waals surface area contributed by atoms with Crippen LogP contribution in [0.2, 0.25) is 0 Å². The molecule has 5 heteroatoms. The van der Waals surface area contributed by atoms with Gasteiger partial charge in [-0.1, -0.05) is 12.1 Å². The van der Waals surface area contributed by atoms with Crippen LogP contribution < -0.4 is 5.32 Å². The van der Waals surface area contributed by atoms with Gasteiger partial charge in [0.15, 0.2) is 0 Å². The molecule has 0 bridgehead atoms. The molecule has 3 aromatic rings. The van der Waals surface area contributed by atoms with E-state index in [1.54, 1.807) is 11.3 Å². The van der Waals surface area contributed by atoms with E-state index < -0.39 is 0 Å². The van der Waals surface area contributed by atoms with Crippen LogP contribution in [0, 0.1) is 5.41 Å². The van der Waals surface area contributed by atoms with Gasteiger partial charge in [-0.3, -0.25) is 4.90 Å². The number of aromatic nitrogens is 2. The summed E-state index contributed by atoms with van der Waals surface area (Å²) in [6.07, 6.45) is 3.99. The number of hydrogen-bond donors (Lipinski definition) is 1. The lowest BCUT2D eigenvalue weighted by Crippen LogP contribution is -2.36. The number of nitrogens with one attached hydrogen (secondary N) is 1. The molecule has 26 heavy (non-hydrogen) atoms. The van der Waals surface area contributed by atoms with E-state index in [9.17, 15) is 0 Å². The number of fused-ring (bicyclic) bond motifs is 1.